The van der Waals surface area contributed by atoms with Gasteiger partial charge in [0, 0.05) is 13.2 Å². The van der Waals surface area contributed by atoms with Crippen molar-refractivity contribution < 1.29 is 32.4 Å². The summed E-state index contributed by atoms with van der Waals surface area (Å²) in [6.07, 6.45) is 5.91. The van der Waals surface area contributed by atoms with Crippen molar-refractivity contribution in [3.63, 3.8) is 0 Å². The molecule has 0 spiro atoms. The van der Waals surface area contributed by atoms with Crippen LogP contribution >= 0.6 is 0 Å². The first-order valence-corrected chi connectivity index (χ1v) is 22.8. The molecule has 0 radical (unpaired) electrons. The molecule has 1 fully saturated rings. The highest BCUT2D eigenvalue weighted by Crippen LogP contribution is 2.29. The monoisotopic (exact) mass is 940 g/mol. The van der Waals surface area contributed by atoms with Gasteiger partial charge in [-0.05, 0) is 80.6 Å². The smallest absolute Gasteiger partial charge is 0.295 e. The molecule has 5 heterocycles. The van der Waals surface area contributed by atoms with E-state index >= 15 is 0 Å². The van der Waals surface area contributed by atoms with Crippen molar-refractivity contribution in [2.45, 2.75) is 57.3 Å². The number of fused-ring (bicyclic) bond motifs is 2. The number of aliphatic hydroxyl groups excluding tert-OH is 1. The first kappa shape index (κ1) is 47.9. The van der Waals surface area contributed by atoms with Crippen LogP contribution in [0.2, 0.25) is 0 Å². The molecular formula is C46H48N14O7S. The average Bonchev–Trinajstić information content (AvgIpc) is 4.19. The summed E-state index contributed by atoms with van der Waals surface area (Å²) in [5, 5.41) is 40.8. The van der Waals surface area contributed by atoms with Crippen LogP contribution < -0.4 is 10.6 Å². The molecule has 2 amide bonds. The number of anilines is 2. The van der Waals surface area contributed by atoms with E-state index in [2.05, 4.69) is 56.5 Å². The first-order chi connectivity index (χ1) is 33.0. The van der Waals surface area contributed by atoms with Gasteiger partial charge in [0.1, 0.15) is 34.7 Å². The fraction of sp³-hybridized carbons (Fsp3) is 0.217. The van der Waals surface area contributed by atoms with Crippen molar-refractivity contribution in [1.82, 2.24) is 59.9 Å². The molecule has 1 aliphatic rings. The molecule has 0 aliphatic carbocycles. The normalized spacial score (nSPS) is 13.3. The quantitative estimate of drug-likeness (QED) is 0.0967. The minimum Gasteiger partial charge on any atom is -0.397 e. The molecule has 1 unspecified atom stereocenters. The number of para-hydroxylation sites is 2. The Morgan fingerprint density at radius 2 is 1.29 bits per heavy atom. The number of H-pyrrole nitrogens is 1. The Labute approximate surface area is 390 Å². The SMILES string of the molecule is CCO.Cc1ccc(S(=O)(=O)O)cc1.O=C(Nc1cccc2n[nH]nc12)c1ncn(Cc2ccccc2)n1.O=C(Nc1cccc2nnn(C3CCCCO3)c12)c1ncn(Cc2ccccc2)n1. The van der Waals surface area contributed by atoms with Gasteiger partial charge in [-0.15, -0.1) is 15.3 Å². The van der Waals surface area contributed by atoms with Gasteiger partial charge in [0.2, 0.25) is 11.6 Å². The number of hydrogen-bond acceptors (Lipinski definition) is 14. The van der Waals surface area contributed by atoms with Gasteiger partial charge in [0.15, 0.2) is 6.23 Å². The van der Waals surface area contributed by atoms with Crippen molar-refractivity contribution in [1.29, 1.82) is 0 Å². The maximum Gasteiger partial charge on any atom is 0.295 e. The Hall–Kier alpha value is -8.05. The van der Waals surface area contributed by atoms with Crippen LogP contribution in [0.4, 0.5) is 11.4 Å². The lowest BCUT2D eigenvalue weighted by Gasteiger charge is -2.23. The number of carbonyl (C=O) groups is 2. The second-order valence-corrected chi connectivity index (χ2v) is 16.5. The average molecular weight is 941 g/mol. The molecule has 1 atom stereocenters. The number of aliphatic hydroxyl groups is 1. The largest absolute Gasteiger partial charge is 0.397 e. The van der Waals surface area contributed by atoms with Crippen LogP contribution in [0.15, 0.2) is 139 Å². The van der Waals surface area contributed by atoms with E-state index in [1.54, 1.807) is 64.0 Å². The number of benzene rings is 5. The van der Waals surface area contributed by atoms with E-state index < -0.39 is 16.0 Å². The van der Waals surface area contributed by atoms with Gasteiger partial charge in [-0.3, -0.25) is 14.1 Å². The molecule has 21 nitrogen and oxygen atoms in total. The van der Waals surface area contributed by atoms with Gasteiger partial charge >= 0.3 is 0 Å². The first-order valence-electron chi connectivity index (χ1n) is 21.4. The van der Waals surface area contributed by atoms with Crippen LogP contribution in [0.3, 0.4) is 0 Å². The Morgan fingerprint density at radius 1 is 0.735 bits per heavy atom. The third kappa shape index (κ3) is 12.8. The zero-order valence-corrected chi connectivity index (χ0v) is 37.8. The zero-order valence-electron chi connectivity index (χ0n) is 37.0. The number of hydrogen-bond donors (Lipinski definition) is 5. The molecule has 5 aromatic carbocycles. The molecule has 4 aromatic heterocycles. The van der Waals surface area contributed by atoms with Crippen molar-refractivity contribution >= 4 is 55.4 Å². The molecule has 5 N–H and O–H groups in total. The number of amides is 2. The van der Waals surface area contributed by atoms with Gasteiger partial charge in [-0.25, -0.2) is 24.0 Å². The van der Waals surface area contributed by atoms with Crippen molar-refractivity contribution in [3.8, 4) is 0 Å². The molecule has 0 bridgehead atoms. The fourth-order valence-corrected chi connectivity index (χ4v) is 7.22. The number of aromatic nitrogens is 12. The lowest BCUT2D eigenvalue weighted by molar-refractivity contribution is -0.0376. The highest BCUT2D eigenvalue weighted by atomic mass is 32.2. The zero-order chi connectivity index (χ0) is 47.9. The van der Waals surface area contributed by atoms with Crippen LogP contribution in [0.25, 0.3) is 22.1 Å². The summed E-state index contributed by atoms with van der Waals surface area (Å²) < 4.78 is 40.4. The summed E-state index contributed by atoms with van der Waals surface area (Å²) in [4.78, 5) is 33.3. The summed E-state index contributed by atoms with van der Waals surface area (Å²) in [6, 6.07) is 36.6. The molecule has 10 rings (SSSR count). The maximum absolute atomic E-state index is 12.8. The highest BCUT2D eigenvalue weighted by molar-refractivity contribution is 7.85. The Kier molecular flexibility index (Phi) is 16.1. The Morgan fingerprint density at radius 3 is 1.85 bits per heavy atom. The molecule has 9 aromatic rings. The summed E-state index contributed by atoms with van der Waals surface area (Å²) in [5.41, 5.74) is 7.00. The lowest BCUT2D eigenvalue weighted by atomic mass is 10.2. The number of nitrogens with one attached hydrogen (secondary N) is 3. The van der Waals surface area contributed by atoms with Gasteiger partial charge in [0.05, 0.1) is 29.4 Å². The van der Waals surface area contributed by atoms with Crippen LogP contribution in [-0.4, -0.2) is 103 Å². The van der Waals surface area contributed by atoms with E-state index in [0.29, 0.717) is 47.6 Å². The summed E-state index contributed by atoms with van der Waals surface area (Å²) in [6.45, 7) is 5.57. The molecule has 1 aliphatic heterocycles. The number of nitrogens with zero attached hydrogens (tertiary/aromatic N) is 11. The Bertz CT molecular complexity index is 3150. The van der Waals surface area contributed by atoms with Crippen LogP contribution in [-0.2, 0) is 27.9 Å². The summed E-state index contributed by atoms with van der Waals surface area (Å²) in [5.74, 6) is -0.564. The van der Waals surface area contributed by atoms with Crippen molar-refractivity contribution in [2.75, 3.05) is 23.8 Å². The molecular weight excluding hydrogens is 893 g/mol. The summed E-state index contributed by atoms with van der Waals surface area (Å²) >= 11 is 0. The van der Waals surface area contributed by atoms with E-state index in [9.17, 15) is 18.0 Å². The van der Waals surface area contributed by atoms with E-state index in [0.717, 1.165) is 41.5 Å². The van der Waals surface area contributed by atoms with Crippen LogP contribution in [0.1, 0.15) is 70.3 Å². The molecule has 0 saturated carbocycles. The van der Waals surface area contributed by atoms with Crippen LogP contribution in [0, 0.1) is 6.92 Å². The molecule has 1 saturated heterocycles. The number of aryl methyl sites for hydroxylation is 1. The fourth-order valence-electron chi connectivity index (χ4n) is 6.74. The predicted octanol–water partition coefficient (Wildman–Crippen LogP) is 6.11. The van der Waals surface area contributed by atoms with Crippen LogP contribution in [0.5, 0.6) is 0 Å². The van der Waals surface area contributed by atoms with Crippen molar-refractivity contribution in [3.05, 3.63) is 162 Å². The van der Waals surface area contributed by atoms with E-state index in [-0.39, 0.29) is 35.3 Å². The topological polar surface area (TPSA) is 276 Å². The third-order valence-electron chi connectivity index (χ3n) is 9.94. The van der Waals surface area contributed by atoms with E-state index in [1.165, 1.54) is 12.1 Å². The van der Waals surface area contributed by atoms with Gasteiger partial charge in [-0.1, -0.05) is 95.7 Å². The summed E-state index contributed by atoms with van der Waals surface area (Å²) in [7, 11) is -4.02. The predicted molar refractivity (Wildman–Crippen MR) is 251 cm³/mol. The van der Waals surface area contributed by atoms with Gasteiger partial charge in [-0.2, -0.15) is 23.8 Å². The van der Waals surface area contributed by atoms with E-state index in [1.807, 2.05) is 85.8 Å². The van der Waals surface area contributed by atoms with Gasteiger partial charge < -0.3 is 20.5 Å². The van der Waals surface area contributed by atoms with Gasteiger partial charge in [0.25, 0.3) is 21.9 Å². The number of aromatic amines is 1. The minimum absolute atomic E-state index is 0.0666. The molecule has 22 heteroatoms. The molecule has 68 heavy (non-hydrogen) atoms. The second kappa shape index (κ2) is 22.9. The van der Waals surface area contributed by atoms with E-state index in [4.69, 9.17) is 14.4 Å². The second-order valence-electron chi connectivity index (χ2n) is 15.0. The maximum atomic E-state index is 12.8. The lowest BCUT2D eigenvalue weighted by Crippen LogP contribution is -2.20. The third-order valence-corrected chi connectivity index (χ3v) is 10.8. The Balaban J connectivity index is 0.000000160. The standard InChI is InChI=1S/C21H21N7O2.C16H13N7O.C7H8O3S.C2H6O/c29-21(20-22-14-27(25-20)13-15-7-2-1-3-8-15)23-16-9-6-10-17-19(16)28(26-24-17)18-11-4-5-12-30-18;24-16(18-12-7-4-8-13-14(12)20-22-19-13)15-17-10-23(21-15)9-11-5-2-1-3-6-11;1-6-2-4-7(5-3-6)11(8,9)10;1-2-3/h1-3,6-10,14,18H,4-5,11-13H2,(H,23,29);1-8,10H,9H2,(H,18,24)(H,19,20,22);2-5H,1H3,(H,8,9,10);3H,2H2,1H3. The number of ether oxygens (including phenoxy) is 1. The number of carbonyl (C=O) groups excluding carboxylic acids is 2. The minimum atomic E-state index is -4.02. The number of rotatable bonds is 10. The van der Waals surface area contributed by atoms with Crippen molar-refractivity contribution in [2.24, 2.45) is 0 Å². The molecule has 350 valence electrons. The highest BCUT2D eigenvalue weighted by Gasteiger charge is 2.23.